The van der Waals surface area contributed by atoms with Gasteiger partial charge >= 0.3 is 0 Å². The molecule has 0 heterocycles. The Balaban J connectivity index is 1.54. The Morgan fingerprint density at radius 1 is 0.839 bits per heavy atom. The zero-order chi connectivity index (χ0) is 21.9. The van der Waals surface area contributed by atoms with Crippen LogP contribution >= 0.6 is 12.2 Å². The van der Waals surface area contributed by atoms with Crippen molar-refractivity contribution in [3.8, 4) is 5.75 Å². The van der Waals surface area contributed by atoms with Crippen molar-refractivity contribution in [1.82, 2.24) is 5.32 Å². The highest BCUT2D eigenvalue weighted by Gasteiger charge is 2.13. The first-order valence-electron chi connectivity index (χ1n) is 10.4. The molecule has 31 heavy (non-hydrogen) atoms. The summed E-state index contributed by atoms with van der Waals surface area (Å²) >= 11 is 5.32. The number of carbonyl (C=O) groups is 1. The first-order chi connectivity index (χ1) is 15.2. The Bertz CT molecular complexity index is 991. The number of thiocarbonyl (C=S) groups is 1. The van der Waals surface area contributed by atoms with Gasteiger partial charge in [-0.3, -0.25) is 10.1 Å². The van der Waals surface area contributed by atoms with Crippen molar-refractivity contribution in [2.45, 2.75) is 26.2 Å². The number of hydrogen-bond acceptors (Lipinski definition) is 4. The number of benzene rings is 3. The molecular formula is C25H27N3O2S. The first-order valence-corrected chi connectivity index (χ1v) is 10.8. The minimum absolute atomic E-state index is 0.231. The molecule has 0 aliphatic carbocycles. The topological polar surface area (TPSA) is 62.4 Å². The fourth-order valence-corrected chi connectivity index (χ4v) is 3.18. The van der Waals surface area contributed by atoms with Crippen molar-refractivity contribution < 1.29 is 9.53 Å². The van der Waals surface area contributed by atoms with E-state index in [2.05, 4.69) is 22.9 Å². The van der Waals surface area contributed by atoms with Gasteiger partial charge in [0.2, 0.25) is 0 Å². The van der Waals surface area contributed by atoms with Crippen LogP contribution in [0.2, 0.25) is 0 Å². The van der Waals surface area contributed by atoms with Crippen LogP contribution in [0.5, 0.6) is 5.75 Å². The van der Waals surface area contributed by atoms with Crippen LogP contribution < -0.4 is 20.7 Å². The van der Waals surface area contributed by atoms with Crippen LogP contribution in [0.25, 0.3) is 0 Å². The maximum atomic E-state index is 12.7. The lowest BCUT2D eigenvalue weighted by molar-refractivity contribution is 0.0973. The summed E-state index contributed by atoms with van der Waals surface area (Å²) in [6, 6.07) is 24.8. The highest BCUT2D eigenvalue weighted by atomic mass is 32.1. The Morgan fingerprint density at radius 2 is 1.48 bits per heavy atom. The van der Waals surface area contributed by atoms with Gasteiger partial charge in [0.25, 0.3) is 5.91 Å². The average Bonchev–Trinajstić information content (AvgIpc) is 2.79. The Kier molecular flexibility index (Phi) is 8.43. The van der Waals surface area contributed by atoms with Crippen LogP contribution in [0.4, 0.5) is 17.1 Å². The molecule has 0 saturated carbocycles. The normalized spacial score (nSPS) is 10.2. The Hall–Kier alpha value is -3.38. The smallest absolute Gasteiger partial charge is 0.261 e. The van der Waals surface area contributed by atoms with E-state index < -0.39 is 0 Å². The second-order valence-electron chi connectivity index (χ2n) is 7.03. The molecule has 5 nitrogen and oxygen atoms in total. The molecule has 0 aliphatic heterocycles. The van der Waals surface area contributed by atoms with E-state index >= 15 is 0 Å². The van der Waals surface area contributed by atoms with Crippen LogP contribution in [0.1, 0.15) is 36.5 Å². The zero-order valence-corrected chi connectivity index (χ0v) is 18.4. The highest BCUT2D eigenvalue weighted by molar-refractivity contribution is 7.80. The SMILES string of the molecule is CCCCCOc1ccccc1C(=O)NC(=S)Nc1ccc(Nc2ccccc2)cc1. The molecule has 0 atom stereocenters. The summed E-state index contributed by atoms with van der Waals surface area (Å²) in [6.45, 7) is 2.73. The van der Waals surface area contributed by atoms with E-state index in [1.807, 2.05) is 66.7 Å². The van der Waals surface area contributed by atoms with Gasteiger partial charge in [-0.25, -0.2) is 0 Å². The Morgan fingerprint density at radius 3 is 2.23 bits per heavy atom. The van der Waals surface area contributed by atoms with E-state index in [0.29, 0.717) is 17.9 Å². The predicted octanol–water partition coefficient (Wildman–Crippen LogP) is 6.13. The number of unbranched alkanes of at least 4 members (excludes halogenated alkanes) is 2. The van der Waals surface area contributed by atoms with Gasteiger partial charge in [0, 0.05) is 17.1 Å². The molecule has 3 rings (SSSR count). The predicted molar refractivity (Wildman–Crippen MR) is 131 cm³/mol. The number of rotatable bonds is 9. The number of carbonyl (C=O) groups excluding carboxylic acids is 1. The van der Waals surface area contributed by atoms with E-state index in [4.69, 9.17) is 17.0 Å². The van der Waals surface area contributed by atoms with Crippen molar-refractivity contribution in [2.24, 2.45) is 0 Å². The number of ether oxygens (including phenoxy) is 1. The fraction of sp³-hybridized carbons (Fsp3) is 0.200. The second kappa shape index (κ2) is 11.7. The molecule has 0 saturated heterocycles. The summed E-state index contributed by atoms with van der Waals surface area (Å²) in [5.41, 5.74) is 3.22. The van der Waals surface area contributed by atoms with E-state index in [9.17, 15) is 4.79 Å². The largest absolute Gasteiger partial charge is 0.493 e. The maximum absolute atomic E-state index is 12.7. The summed E-state index contributed by atoms with van der Waals surface area (Å²) in [7, 11) is 0. The number of para-hydroxylation sites is 2. The number of amides is 1. The zero-order valence-electron chi connectivity index (χ0n) is 17.6. The summed E-state index contributed by atoms with van der Waals surface area (Å²) in [5, 5.41) is 9.33. The maximum Gasteiger partial charge on any atom is 0.261 e. The first kappa shape index (κ1) is 22.3. The number of nitrogens with one attached hydrogen (secondary N) is 3. The molecule has 6 heteroatoms. The fourth-order valence-electron chi connectivity index (χ4n) is 2.97. The Labute approximate surface area is 188 Å². The summed E-state index contributed by atoms with van der Waals surface area (Å²) < 4.78 is 5.79. The molecule has 0 bridgehead atoms. The van der Waals surface area contributed by atoms with Gasteiger partial charge in [0.15, 0.2) is 5.11 Å². The van der Waals surface area contributed by atoms with E-state index in [1.165, 1.54) is 0 Å². The molecule has 0 aliphatic rings. The van der Waals surface area contributed by atoms with E-state index in [-0.39, 0.29) is 11.0 Å². The molecule has 3 N–H and O–H groups in total. The van der Waals surface area contributed by atoms with Crippen molar-refractivity contribution >= 4 is 40.3 Å². The molecular weight excluding hydrogens is 406 g/mol. The molecule has 0 spiro atoms. The lowest BCUT2D eigenvalue weighted by atomic mass is 10.2. The van der Waals surface area contributed by atoms with Crippen LogP contribution in [0, 0.1) is 0 Å². The molecule has 0 unspecified atom stereocenters. The van der Waals surface area contributed by atoms with E-state index in [0.717, 1.165) is 36.3 Å². The van der Waals surface area contributed by atoms with Gasteiger partial charge in [0.05, 0.1) is 12.2 Å². The minimum Gasteiger partial charge on any atom is -0.493 e. The van der Waals surface area contributed by atoms with Crippen molar-refractivity contribution in [3.05, 3.63) is 84.4 Å². The average molecular weight is 434 g/mol. The van der Waals surface area contributed by atoms with Crippen LogP contribution in [0.15, 0.2) is 78.9 Å². The molecule has 0 fully saturated rings. The van der Waals surface area contributed by atoms with E-state index in [1.54, 1.807) is 12.1 Å². The molecule has 0 aromatic heterocycles. The van der Waals surface area contributed by atoms with Crippen LogP contribution in [-0.2, 0) is 0 Å². The van der Waals surface area contributed by atoms with Gasteiger partial charge < -0.3 is 15.4 Å². The quantitative estimate of drug-likeness (QED) is 0.280. The van der Waals surface area contributed by atoms with Gasteiger partial charge in [-0.05, 0) is 67.2 Å². The lowest BCUT2D eigenvalue weighted by Crippen LogP contribution is -2.34. The molecule has 160 valence electrons. The summed E-state index contributed by atoms with van der Waals surface area (Å²) in [4.78, 5) is 12.7. The van der Waals surface area contributed by atoms with Gasteiger partial charge in [-0.15, -0.1) is 0 Å². The second-order valence-corrected chi connectivity index (χ2v) is 7.44. The summed E-state index contributed by atoms with van der Waals surface area (Å²) in [5.74, 6) is 0.265. The molecule has 1 amide bonds. The van der Waals surface area contributed by atoms with Gasteiger partial charge in [-0.2, -0.15) is 0 Å². The monoisotopic (exact) mass is 433 g/mol. The molecule has 3 aromatic rings. The lowest BCUT2D eigenvalue weighted by Gasteiger charge is -2.13. The molecule has 3 aromatic carbocycles. The number of hydrogen-bond donors (Lipinski definition) is 3. The third-order valence-corrected chi connectivity index (χ3v) is 4.77. The van der Waals surface area contributed by atoms with Gasteiger partial charge in [-0.1, -0.05) is 50.1 Å². The number of anilines is 3. The third kappa shape index (κ3) is 7.12. The highest BCUT2D eigenvalue weighted by Crippen LogP contribution is 2.20. The van der Waals surface area contributed by atoms with Crippen LogP contribution in [-0.4, -0.2) is 17.6 Å². The summed E-state index contributed by atoms with van der Waals surface area (Å²) in [6.07, 6.45) is 3.18. The molecule has 0 radical (unpaired) electrons. The minimum atomic E-state index is -0.300. The third-order valence-electron chi connectivity index (χ3n) is 4.57. The standard InChI is InChI=1S/C25H27N3O2S/c1-2-3-9-18-30-23-13-8-7-12-22(23)24(29)28-25(31)27-21-16-14-20(15-17-21)26-19-10-5-4-6-11-19/h4-8,10-17,26H,2-3,9,18H2,1H3,(H2,27,28,29,31). The van der Waals surface area contributed by atoms with Crippen molar-refractivity contribution in [3.63, 3.8) is 0 Å². The van der Waals surface area contributed by atoms with Gasteiger partial charge in [0.1, 0.15) is 5.75 Å². The van der Waals surface area contributed by atoms with Crippen molar-refractivity contribution in [2.75, 3.05) is 17.2 Å². The van der Waals surface area contributed by atoms with Crippen molar-refractivity contribution in [1.29, 1.82) is 0 Å². The van der Waals surface area contributed by atoms with Crippen LogP contribution in [0.3, 0.4) is 0 Å².